The van der Waals surface area contributed by atoms with Crippen LogP contribution < -0.4 is 10.2 Å². The lowest BCUT2D eigenvalue weighted by Gasteiger charge is -2.28. The van der Waals surface area contributed by atoms with Gasteiger partial charge in [0.15, 0.2) is 5.11 Å². The van der Waals surface area contributed by atoms with E-state index in [4.69, 9.17) is 12.2 Å². The zero-order chi connectivity index (χ0) is 18.3. The third kappa shape index (κ3) is 2.76. The van der Waals surface area contributed by atoms with Crippen LogP contribution >= 0.6 is 12.2 Å². The maximum Gasteiger partial charge on any atom is 0.174 e. The SMILES string of the molecule is Cc1ccc([C@H]2[C@H](c3ccccn3)NC(=S)N2c2ccc(F)cc2)n1C. The summed E-state index contributed by atoms with van der Waals surface area (Å²) in [6.45, 7) is 2.07. The number of aromatic nitrogens is 2. The number of anilines is 1. The highest BCUT2D eigenvalue weighted by Crippen LogP contribution is 2.41. The standard InChI is InChI=1S/C20H19FN4S/c1-13-6-11-17(24(13)2)19-18(16-5-3-4-12-22-16)23-20(26)25(19)15-9-7-14(21)8-10-15/h3-12,18-19H,1-2H3,(H,23,26)/t18-,19-/m0/s1. The molecule has 26 heavy (non-hydrogen) atoms. The Hall–Kier alpha value is -2.73. The van der Waals surface area contributed by atoms with Crippen molar-refractivity contribution in [1.29, 1.82) is 0 Å². The largest absolute Gasteiger partial charge is 0.351 e. The van der Waals surface area contributed by atoms with Crippen LogP contribution in [0.25, 0.3) is 0 Å². The molecule has 4 rings (SSSR count). The summed E-state index contributed by atoms with van der Waals surface area (Å²) in [5, 5.41) is 4.01. The molecule has 3 aromatic rings. The molecule has 2 atom stereocenters. The Morgan fingerprint density at radius 1 is 1.08 bits per heavy atom. The van der Waals surface area contributed by atoms with E-state index in [2.05, 4.69) is 33.9 Å². The zero-order valence-electron chi connectivity index (χ0n) is 14.6. The Bertz CT molecular complexity index is 936. The van der Waals surface area contributed by atoms with Crippen molar-refractivity contribution in [2.75, 3.05) is 4.90 Å². The molecule has 2 aromatic heterocycles. The Balaban J connectivity index is 1.85. The van der Waals surface area contributed by atoms with Crippen LogP contribution in [0.15, 0.2) is 60.8 Å². The van der Waals surface area contributed by atoms with Crippen molar-refractivity contribution in [3.8, 4) is 0 Å². The van der Waals surface area contributed by atoms with Gasteiger partial charge >= 0.3 is 0 Å². The van der Waals surface area contributed by atoms with Crippen molar-refractivity contribution in [2.45, 2.75) is 19.0 Å². The summed E-state index contributed by atoms with van der Waals surface area (Å²) in [7, 11) is 2.05. The fourth-order valence-electron chi connectivity index (χ4n) is 3.47. The second-order valence-electron chi connectivity index (χ2n) is 6.43. The molecule has 0 spiro atoms. The zero-order valence-corrected chi connectivity index (χ0v) is 15.4. The molecule has 1 aliphatic heterocycles. The van der Waals surface area contributed by atoms with Gasteiger partial charge in [-0.25, -0.2) is 4.39 Å². The van der Waals surface area contributed by atoms with Gasteiger partial charge in [-0.1, -0.05) is 6.07 Å². The number of thiocarbonyl (C=S) groups is 1. The van der Waals surface area contributed by atoms with Crippen molar-refractivity contribution in [2.24, 2.45) is 7.05 Å². The topological polar surface area (TPSA) is 33.1 Å². The van der Waals surface area contributed by atoms with Gasteiger partial charge in [0.05, 0.1) is 11.7 Å². The molecule has 3 heterocycles. The van der Waals surface area contributed by atoms with Gasteiger partial charge < -0.3 is 14.8 Å². The van der Waals surface area contributed by atoms with E-state index in [-0.39, 0.29) is 17.9 Å². The first-order valence-corrected chi connectivity index (χ1v) is 8.85. The molecule has 1 N–H and O–H groups in total. The van der Waals surface area contributed by atoms with Crippen molar-refractivity contribution in [3.05, 3.63) is 83.7 Å². The lowest BCUT2D eigenvalue weighted by Crippen LogP contribution is -2.30. The van der Waals surface area contributed by atoms with E-state index < -0.39 is 0 Å². The molecule has 132 valence electrons. The van der Waals surface area contributed by atoms with Crippen LogP contribution in [0.3, 0.4) is 0 Å². The van der Waals surface area contributed by atoms with Gasteiger partial charge in [0.1, 0.15) is 11.9 Å². The number of benzene rings is 1. The van der Waals surface area contributed by atoms with E-state index in [9.17, 15) is 4.39 Å². The minimum absolute atomic E-state index is 0.0819. The van der Waals surface area contributed by atoms with Crippen LogP contribution in [0.2, 0.25) is 0 Å². The summed E-state index contributed by atoms with van der Waals surface area (Å²) >= 11 is 5.64. The molecule has 1 fully saturated rings. The molecule has 1 aliphatic rings. The van der Waals surface area contributed by atoms with E-state index in [0.29, 0.717) is 5.11 Å². The van der Waals surface area contributed by atoms with Crippen LogP contribution in [0.1, 0.15) is 29.2 Å². The minimum atomic E-state index is -0.264. The number of nitrogens with one attached hydrogen (secondary N) is 1. The Kier molecular flexibility index (Phi) is 4.20. The summed E-state index contributed by atoms with van der Waals surface area (Å²) in [5.41, 5.74) is 4.06. The second-order valence-corrected chi connectivity index (χ2v) is 6.82. The van der Waals surface area contributed by atoms with E-state index in [1.165, 1.54) is 12.1 Å². The molecule has 1 saturated heterocycles. The van der Waals surface area contributed by atoms with E-state index in [1.54, 1.807) is 18.3 Å². The minimum Gasteiger partial charge on any atom is -0.351 e. The first-order chi connectivity index (χ1) is 12.6. The number of rotatable bonds is 3. The van der Waals surface area contributed by atoms with Gasteiger partial charge in [-0.3, -0.25) is 4.98 Å². The van der Waals surface area contributed by atoms with Crippen LogP contribution in [0, 0.1) is 12.7 Å². The van der Waals surface area contributed by atoms with Gasteiger partial charge in [-0.15, -0.1) is 0 Å². The van der Waals surface area contributed by atoms with Crippen molar-refractivity contribution in [1.82, 2.24) is 14.9 Å². The number of pyridine rings is 1. The highest BCUT2D eigenvalue weighted by atomic mass is 32.1. The van der Waals surface area contributed by atoms with Gasteiger partial charge in [0.2, 0.25) is 0 Å². The lowest BCUT2D eigenvalue weighted by atomic mass is 10.0. The number of hydrogen-bond acceptors (Lipinski definition) is 2. The molecule has 0 saturated carbocycles. The molecule has 6 heteroatoms. The van der Waals surface area contributed by atoms with Gasteiger partial charge in [-0.2, -0.15) is 0 Å². The first kappa shape index (κ1) is 16.7. The summed E-state index contributed by atoms with van der Waals surface area (Å²) < 4.78 is 15.6. The van der Waals surface area contributed by atoms with Gasteiger partial charge in [0.25, 0.3) is 0 Å². The fraction of sp³-hybridized carbons (Fsp3) is 0.200. The average Bonchev–Trinajstić information content (AvgIpc) is 3.16. The number of nitrogens with zero attached hydrogens (tertiary/aromatic N) is 3. The van der Waals surface area contributed by atoms with Crippen molar-refractivity contribution < 1.29 is 4.39 Å². The summed E-state index contributed by atoms with van der Waals surface area (Å²) in [6, 6.07) is 16.3. The molecular weight excluding hydrogens is 347 g/mol. The molecule has 0 bridgehead atoms. The van der Waals surface area contributed by atoms with Gasteiger partial charge in [0, 0.05) is 30.3 Å². The fourth-order valence-corrected chi connectivity index (χ4v) is 3.81. The Labute approximate surface area is 157 Å². The highest BCUT2D eigenvalue weighted by molar-refractivity contribution is 7.80. The summed E-state index contributed by atoms with van der Waals surface area (Å²) in [5.74, 6) is -0.264. The molecule has 0 radical (unpaired) electrons. The molecule has 0 aliphatic carbocycles. The Morgan fingerprint density at radius 2 is 1.85 bits per heavy atom. The number of hydrogen-bond donors (Lipinski definition) is 1. The summed E-state index contributed by atoms with van der Waals surface area (Å²) in [6.07, 6.45) is 1.79. The molecule has 1 aromatic carbocycles. The molecular formula is C20H19FN4S. The van der Waals surface area contributed by atoms with Crippen LogP contribution in [-0.4, -0.2) is 14.7 Å². The second kappa shape index (κ2) is 6.53. The van der Waals surface area contributed by atoms with Crippen molar-refractivity contribution in [3.63, 3.8) is 0 Å². The van der Waals surface area contributed by atoms with E-state index in [0.717, 1.165) is 22.8 Å². The number of aryl methyl sites for hydroxylation is 1. The van der Waals surface area contributed by atoms with Crippen LogP contribution in [0.5, 0.6) is 0 Å². The summed E-state index contributed by atoms with van der Waals surface area (Å²) in [4.78, 5) is 6.58. The normalized spacial score (nSPS) is 19.7. The maximum absolute atomic E-state index is 13.4. The van der Waals surface area contributed by atoms with Crippen LogP contribution in [-0.2, 0) is 7.05 Å². The highest BCUT2D eigenvalue weighted by Gasteiger charge is 2.41. The monoisotopic (exact) mass is 366 g/mol. The lowest BCUT2D eigenvalue weighted by molar-refractivity contribution is 0.538. The van der Waals surface area contributed by atoms with Crippen molar-refractivity contribution >= 4 is 23.0 Å². The third-order valence-corrected chi connectivity index (χ3v) is 5.23. The quantitative estimate of drug-likeness (QED) is 0.709. The molecule has 4 nitrogen and oxygen atoms in total. The van der Waals surface area contributed by atoms with Gasteiger partial charge in [-0.05, 0) is 67.7 Å². The molecule has 0 amide bonds. The first-order valence-electron chi connectivity index (χ1n) is 8.44. The van der Waals surface area contributed by atoms with E-state index >= 15 is 0 Å². The number of halogens is 1. The predicted molar refractivity (Wildman–Crippen MR) is 104 cm³/mol. The maximum atomic E-state index is 13.4. The molecule has 0 unspecified atom stereocenters. The predicted octanol–water partition coefficient (Wildman–Crippen LogP) is 4.04. The average molecular weight is 366 g/mol. The smallest absolute Gasteiger partial charge is 0.174 e. The van der Waals surface area contributed by atoms with E-state index in [1.807, 2.05) is 30.1 Å². The van der Waals surface area contributed by atoms with Crippen LogP contribution in [0.4, 0.5) is 10.1 Å². The third-order valence-electron chi connectivity index (χ3n) is 4.92. The Morgan fingerprint density at radius 3 is 2.46 bits per heavy atom.